The Morgan fingerprint density at radius 1 is 1.00 bits per heavy atom. The fraction of sp³-hybridized carbons (Fsp3) is 0.455. The maximum atomic E-state index is 14.8. The molecule has 1 heterocycles. The van der Waals surface area contributed by atoms with Crippen LogP contribution in [0.2, 0.25) is 0 Å². The summed E-state index contributed by atoms with van der Waals surface area (Å²) in [5.74, 6) is -2.57. The van der Waals surface area contributed by atoms with Crippen molar-refractivity contribution in [1.29, 1.82) is 0 Å². The average molecular weight is 394 g/mol. The quantitative estimate of drug-likeness (QED) is 0.593. The van der Waals surface area contributed by atoms with Gasteiger partial charge in [-0.15, -0.1) is 0 Å². The monoisotopic (exact) mass is 394 g/mol. The maximum Gasteiger partial charge on any atom is 0.167 e. The first-order chi connectivity index (χ1) is 13.5. The lowest BCUT2D eigenvalue weighted by Gasteiger charge is -2.29. The van der Waals surface area contributed by atoms with E-state index in [4.69, 9.17) is 14.2 Å². The van der Waals surface area contributed by atoms with Crippen LogP contribution in [0.1, 0.15) is 44.6 Å². The number of hydrogen-bond acceptors (Lipinski definition) is 3. The van der Waals surface area contributed by atoms with Crippen LogP contribution in [-0.4, -0.2) is 26.1 Å². The molecule has 0 amide bonds. The second kappa shape index (κ2) is 9.43. The van der Waals surface area contributed by atoms with Crippen LogP contribution in [0.5, 0.6) is 5.75 Å². The summed E-state index contributed by atoms with van der Waals surface area (Å²) < 4.78 is 60.3. The summed E-state index contributed by atoms with van der Waals surface area (Å²) in [7, 11) is 0. The van der Waals surface area contributed by atoms with Crippen molar-refractivity contribution in [2.45, 2.75) is 45.3 Å². The minimum Gasteiger partial charge on any atom is -0.494 e. The van der Waals surface area contributed by atoms with Gasteiger partial charge in [-0.25, -0.2) is 13.2 Å². The number of hydrogen-bond donors (Lipinski definition) is 0. The highest BCUT2D eigenvalue weighted by atomic mass is 19.2. The normalized spacial score (nSPS) is 19.6. The number of benzene rings is 2. The molecule has 0 aliphatic carbocycles. The van der Waals surface area contributed by atoms with Crippen LogP contribution in [0.3, 0.4) is 0 Å². The second-order valence-corrected chi connectivity index (χ2v) is 6.81. The molecule has 1 aliphatic rings. The topological polar surface area (TPSA) is 27.7 Å². The molecule has 0 N–H and O–H groups in total. The van der Waals surface area contributed by atoms with Crippen LogP contribution in [0, 0.1) is 17.5 Å². The van der Waals surface area contributed by atoms with Gasteiger partial charge < -0.3 is 14.2 Å². The molecular weight excluding hydrogens is 369 g/mol. The van der Waals surface area contributed by atoms with Crippen molar-refractivity contribution in [3.05, 3.63) is 53.3 Å². The van der Waals surface area contributed by atoms with Crippen molar-refractivity contribution < 1.29 is 27.4 Å². The van der Waals surface area contributed by atoms with E-state index in [0.717, 1.165) is 6.42 Å². The fourth-order valence-electron chi connectivity index (χ4n) is 3.41. The van der Waals surface area contributed by atoms with Crippen LogP contribution in [0.15, 0.2) is 30.3 Å². The number of halogens is 3. The predicted molar refractivity (Wildman–Crippen MR) is 101 cm³/mol. The molecule has 3 nitrogen and oxygen atoms in total. The Kier molecular flexibility index (Phi) is 6.97. The number of ether oxygens (including phenoxy) is 3. The molecule has 28 heavy (non-hydrogen) atoms. The van der Waals surface area contributed by atoms with Gasteiger partial charge in [-0.05, 0) is 43.9 Å². The van der Waals surface area contributed by atoms with Crippen LogP contribution >= 0.6 is 0 Å². The highest BCUT2D eigenvalue weighted by Crippen LogP contribution is 2.35. The summed E-state index contributed by atoms with van der Waals surface area (Å²) in [4.78, 5) is 0. The third-order valence-corrected chi connectivity index (χ3v) is 4.84. The lowest BCUT2D eigenvalue weighted by Crippen LogP contribution is -2.28. The average Bonchev–Trinajstić information content (AvgIpc) is 2.70. The fourth-order valence-corrected chi connectivity index (χ4v) is 3.41. The van der Waals surface area contributed by atoms with E-state index in [1.54, 1.807) is 13.0 Å². The van der Waals surface area contributed by atoms with Gasteiger partial charge in [-0.2, -0.15) is 0 Å². The first-order valence-electron chi connectivity index (χ1n) is 9.68. The Morgan fingerprint density at radius 3 is 2.43 bits per heavy atom. The van der Waals surface area contributed by atoms with E-state index in [1.165, 1.54) is 24.3 Å². The summed E-state index contributed by atoms with van der Waals surface area (Å²) in [6.45, 7) is 5.07. The van der Waals surface area contributed by atoms with Crippen LogP contribution < -0.4 is 4.74 Å². The predicted octanol–water partition coefficient (Wildman–Crippen LogP) is 5.82. The molecule has 2 atom stereocenters. The van der Waals surface area contributed by atoms with Gasteiger partial charge in [0.25, 0.3) is 0 Å². The molecular formula is C22H25F3O3. The lowest BCUT2D eigenvalue weighted by atomic mass is 9.90. The minimum atomic E-state index is -1.05. The first kappa shape index (κ1) is 20.7. The van der Waals surface area contributed by atoms with Crippen molar-refractivity contribution in [3.63, 3.8) is 0 Å². The molecule has 1 aliphatic heterocycles. The zero-order chi connectivity index (χ0) is 20.1. The molecule has 0 aromatic heterocycles. The van der Waals surface area contributed by atoms with Crippen molar-refractivity contribution in [2.75, 3.05) is 19.8 Å². The Labute approximate surface area is 163 Å². The third-order valence-electron chi connectivity index (χ3n) is 4.84. The molecule has 2 aromatic carbocycles. The molecule has 152 valence electrons. The third kappa shape index (κ3) is 4.50. The molecule has 1 fully saturated rings. The Morgan fingerprint density at radius 2 is 1.79 bits per heavy atom. The van der Waals surface area contributed by atoms with E-state index < -0.39 is 17.5 Å². The van der Waals surface area contributed by atoms with Crippen LogP contribution in [0.4, 0.5) is 13.2 Å². The molecule has 0 radical (unpaired) electrons. The van der Waals surface area contributed by atoms with Crippen molar-refractivity contribution in [2.24, 2.45) is 0 Å². The van der Waals surface area contributed by atoms with Crippen LogP contribution in [0.25, 0.3) is 11.1 Å². The summed E-state index contributed by atoms with van der Waals surface area (Å²) in [6, 6.07) is 7.06. The molecule has 6 heteroatoms. The van der Waals surface area contributed by atoms with Gasteiger partial charge in [0, 0.05) is 29.7 Å². The van der Waals surface area contributed by atoms with Crippen molar-refractivity contribution >= 4 is 0 Å². The van der Waals surface area contributed by atoms with E-state index in [-0.39, 0.29) is 35.5 Å². The second-order valence-electron chi connectivity index (χ2n) is 6.81. The Bertz CT molecular complexity index is 802. The summed E-state index contributed by atoms with van der Waals surface area (Å²) >= 11 is 0. The van der Waals surface area contributed by atoms with E-state index in [9.17, 15) is 13.2 Å². The smallest absolute Gasteiger partial charge is 0.167 e. The molecule has 1 saturated heterocycles. The molecule has 0 spiro atoms. The summed E-state index contributed by atoms with van der Waals surface area (Å²) in [5, 5.41) is 0. The zero-order valence-electron chi connectivity index (χ0n) is 16.1. The molecule has 0 bridgehead atoms. The summed E-state index contributed by atoms with van der Waals surface area (Å²) in [5.41, 5.74) is 0.142. The van der Waals surface area contributed by atoms with Gasteiger partial charge in [-0.1, -0.05) is 19.1 Å². The van der Waals surface area contributed by atoms with Crippen molar-refractivity contribution in [3.8, 4) is 16.9 Å². The van der Waals surface area contributed by atoms with Gasteiger partial charge >= 0.3 is 0 Å². The van der Waals surface area contributed by atoms with Gasteiger partial charge in [-0.3, -0.25) is 0 Å². The van der Waals surface area contributed by atoms with E-state index in [0.29, 0.717) is 31.8 Å². The zero-order valence-corrected chi connectivity index (χ0v) is 16.1. The lowest BCUT2D eigenvalue weighted by molar-refractivity contribution is -0.167. The Balaban J connectivity index is 1.79. The number of rotatable bonds is 7. The highest BCUT2D eigenvalue weighted by molar-refractivity contribution is 5.66. The van der Waals surface area contributed by atoms with Gasteiger partial charge in [0.05, 0.1) is 13.2 Å². The van der Waals surface area contributed by atoms with E-state index in [1.807, 2.05) is 6.92 Å². The minimum absolute atomic E-state index is 0.000623. The molecule has 2 aromatic rings. The maximum absolute atomic E-state index is 14.8. The van der Waals surface area contributed by atoms with Gasteiger partial charge in [0.1, 0.15) is 11.6 Å². The first-order valence-corrected chi connectivity index (χ1v) is 9.68. The molecule has 2 unspecified atom stereocenters. The van der Waals surface area contributed by atoms with E-state index in [2.05, 4.69) is 0 Å². The van der Waals surface area contributed by atoms with Crippen molar-refractivity contribution in [1.82, 2.24) is 0 Å². The SMILES string of the molecule is CCCOC1CCC(c2ccc(-c3ccc(OCC)cc3F)c(F)c2F)CO1. The van der Waals surface area contributed by atoms with Gasteiger partial charge in [0.15, 0.2) is 17.9 Å². The molecule has 0 saturated carbocycles. The van der Waals surface area contributed by atoms with Gasteiger partial charge in [0.2, 0.25) is 0 Å². The summed E-state index contributed by atoms with van der Waals surface area (Å²) in [6.07, 6.45) is 1.87. The van der Waals surface area contributed by atoms with Crippen LogP contribution in [-0.2, 0) is 9.47 Å². The van der Waals surface area contributed by atoms with E-state index >= 15 is 0 Å². The largest absolute Gasteiger partial charge is 0.494 e. The Hall–Kier alpha value is -2.05. The molecule has 3 rings (SSSR count). The standard InChI is InChI=1S/C22H25F3O3/c1-3-11-27-20-10-5-14(13-28-20)16-8-9-18(22(25)21(16)24)17-7-6-15(26-4-2)12-19(17)23/h6-9,12,14,20H,3-5,10-11,13H2,1-2H3. The highest BCUT2D eigenvalue weighted by Gasteiger charge is 2.27.